The first-order valence-corrected chi connectivity index (χ1v) is 22.1. The van der Waals surface area contributed by atoms with E-state index in [2.05, 4.69) is 40.8 Å². The Morgan fingerprint density at radius 3 is 2.54 bits per heavy atom. The van der Waals surface area contributed by atoms with E-state index in [9.17, 15) is 10.1 Å². The second-order valence-electron chi connectivity index (χ2n) is 17.5. The first kappa shape index (κ1) is 42.7. The predicted octanol–water partition coefficient (Wildman–Crippen LogP) is 6.71. The minimum atomic E-state index is -1.38. The van der Waals surface area contributed by atoms with Crippen LogP contribution in [0.4, 0.5) is 4.79 Å². The largest absolute Gasteiger partial charge is 0.514 e. The fourth-order valence-corrected chi connectivity index (χ4v) is 12.1. The Labute approximate surface area is 370 Å². The van der Waals surface area contributed by atoms with E-state index >= 15 is 4.79 Å². The Balaban J connectivity index is 1.26. The van der Waals surface area contributed by atoms with Gasteiger partial charge in [0.2, 0.25) is 6.79 Å². The molecule has 0 amide bonds. The standard InChI is InChI=1S/C47H52N4O11S/c1-10-14-57-39-24(4)40-42(60-22-59-40)34-30-20-58-44(52)47(27-18-31(54-8)32(17-25(27)12-13-49-47)61-45(53)62-46(5,6)7)21-63-43(35(34)39)37-36-33-26(16-28(50-36)29(19-48)51(30)37)15-23(3)38(55-9)41(33)56-11-2/h10-11,15,17-18,28-30,36-37,43,49-50H,1-2,12-14,16,20-22H2,3-9H3/t28-,29+,30+,36-,37?,43-,47-/m1/s1. The van der Waals surface area contributed by atoms with Crippen LogP contribution < -0.4 is 43.8 Å². The molecule has 2 saturated heterocycles. The summed E-state index contributed by atoms with van der Waals surface area (Å²) in [6, 6.07) is 5.79. The van der Waals surface area contributed by atoms with Crippen LogP contribution in [0.25, 0.3) is 0 Å². The topological polar surface area (TPSA) is 168 Å². The predicted molar refractivity (Wildman–Crippen MR) is 232 cm³/mol. The maximum atomic E-state index is 15.1. The third-order valence-electron chi connectivity index (χ3n) is 12.8. The number of carbonyl (C=O) groups is 2. The van der Waals surface area contributed by atoms with Crippen molar-refractivity contribution in [2.45, 2.75) is 94.1 Å². The molecule has 7 atom stereocenters. The molecule has 2 fully saturated rings. The van der Waals surface area contributed by atoms with Crippen molar-refractivity contribution in [1.29, 1.82) is 5.26 Å². The van der Waals surface area contributed by atoms with Gasteiger partial charge in [0.25, 0.3) is 0 Å². The molecule has 7 heterocycles. The van der Waals surface area contributed by atoms with E-state index in [0.717, 1.165) is 38.9 Å². The quantitative estimate of drug-likeness (QED) is 0.106. The Bertz CT molecular complexity index is 2460. The molecule has 2 N–H and O–H groups in total. The zero-order chi connectivity index (χ0) is 44.5. The summed E-state index contributed by atoms with van der Waals surface area (Å²) in [5, 5.41) is 18.2. The summed E-state index contributed by atoms with van der Waals surface area (Å²) >= 11 is 1.56. The first-order valence-electron chi connectivity index (χ1n) is 21.1. The maximum Gasteiger partial charge on any atom is 0.514 e. The number of carbonyl (C=O) groups excluding carboxylic acids is 2. The van der Waals surface area contributed by atoms with Crippen molar-refractivity contribution in [2.24, 2.45) is 0 Å². The van der Waals surface area contributed by atoms with Crippen LogP contribution in [0.3, 0.4) is 0 Å². The lowest BCUT2D eigenvalue weighted by Gasteiger charge is -2.59. The van der Waals surface area contributed by atoms with E-state index < -0.39 is 52.7 Å². The van der Waals surface area contributed by atoms with E-state index in [4.69, 9.17) is 42.6 Å². The van der Waals surface area contributed by atoms with Crippen molar-refractivity contribution in [3.8, 4) is 46.3 Å². The molecule has 4 bridgehead atoms. The monoisotopic (exact) mass is 880 g/mol. The number of piperazine rings is 1. The van der Waals surface area contributed by atoms with Crippen molar-refractivity contribution in [2.75, 3.05) is 46.5 Å². The molecule has 15 nitrogen and oxygen atoms in total. The van der Waals surface area contributed by atoms with Gasteiger partial charge in [-0.15, -0.1) is 11.8 Å². The zero-order valence-corrected chi connectivity index (χ0v) is 37.3. The number of rotatable bonds is 8. The van der Waals surface area contributed by atoms with Gasteiger partial charge in [0.1, 0.15) is 30.6 Å². The number of aryl methyl sites for hydroxylation is 1. The van der Waals surface area contributed by atoms with Gasteiger partial charge in [0, 0.05) is 46.6 Å². The third-order valence-corrected chi connectivity index (χ3v) is 14.2. The number of methoxy groups -OCH3 is 2. The molecule has 63 heavy (non-hydrogen) atoms. The van der Waals surface area contributed by atoms with Crippen molar-refractivity contribution >= 4 is 23.9 Å². The van der Waals surface area contributed by atoms with Crippen LogP contribution in [-0.4, -0.2) is 87.3 Å². The van der Waals surface area contributed by atoms with E-state index in [1.807, 2.05) is 13.8 Å². The summed E-state index contributed by atoms with van der Waals surface area (Å²) in [5.74, 6) is 2.97. The minimum absolute atomic E-state index is 0.00416. The number of nitriles is 1. The molecule has 3 aromatic carbocycles. The summed E-state index contributed by atoms with van der Waals surface area (Å²) in [6.07, 6.45) is 3.29. The molecule has 1 spiro atoms. The lowest BCUT2D eigenvalue weighted by Crippen LogP contribution is -2.69. The number of thioether (sulfide) groups is 1. The molecule has 0 aliphatic carbocycles. The molecule has 10 rings (SSSR count). The molecular weight excluding hydrogens is 829 g/mol. The Morgan fingerprint density at radius 1 is 1.03 bits per heavy atom. The van der Waals surface area contributed by atoms with Crippen LogP contribution in [0, 0.1) is 25.2 Å². The van der Waals surface area contributed by atoms with Crippen molar-refractivity contribution < 1.29 is 52.2 Å². The molecule has 332 valence electrons. The molecule has 1 unspecified atom stereocenters. The second kappa shape index (κ2) is 16.2. The van der Waals surface area contributed by atoms with Crippen LogP contribution in [0.2, 0.25) is 0 Å². The number of fused-ring (bicyclic) bond motifs is 9. The van der Waals surface area contributed by atoms with Gasteiger partial charge in [-0.3, -0.25) is 10.2 Å². The lowest BCUT2D eigenvalue weighted by atomic mass is 9.72. The van der Waals surface area contributed by atoms with E-state index in [1.54, 1.807) is 57.9 Å². The average molecular weight is 881 g/mol. The van der Waals surface area contributed by atoms with Gasteiger partial charge in [-0.05, 0) is 81.8 Å². The summed E-state index contributed by atoms with van der Waals surface area (Å²) < 4.78 is 54.9. The number of esters is 1. The Kier molecular flexibility index (Phi) is 11.0. The molecule has 0 saturated carbocycles. The molecule has 16 heteroatoms. The maximum absolute atomic E-state index is 15.1. The molecule has 0 aromatic heterocycles. The van der Waals surface area contributed by atoms with E-state index in [0.29, 0.717) is 53.7 Å². The van der Waals surface area contributed by atoms with Gasteiger partial charge in [0.05, 0.1) is 43.9 Å². The Hall–Kier alpha value is -5.60. The number of nitrogens with zero attached hydrogens (tertiary/aromatic N) is 2. The molecule has 0 radical (unpaired) electrons. The lowest BCUT2D eigenvalue weighted by molar-refractivity contribution is -0.155. The summed E-state index contributed by atoms with van der Waals surface area (Å²) in [6.45, 7) is 17.6. The fourth-order valence-electron chi connectivity index (χ4n) is 10.4. The third kappa shape index (κ3) is 6.82. The van der Waals surface area contributed by atoms with Crippen LogP contribution in [0.1, 0.15) is 82.6 Å². The van der Waals surface area contributed by atoms with Crippen molar-refractivity contribution in [3.63, 3.8) is 0 Å². The number of benzene rings is 3. The highest BCUT2D eigenvalue weighted by molar-refractivity contribution is 7.99. The van der Waals surface area contributed by atoms with Gasteiger partial charge in [-0.25, -0.2) is 9.59 Å². The van der Waals surface area contributed by atoms with Crippen LogP contribution in [0.5, 0.6) is 40.2 Å². The number of hydrogen-bond acceptors (Lipinski definition) is 16. The second-order valence-corrected chi connectivity index (χ2v) is 18.6. The summed E-state index contributed by atoms with van der Waals surface area (Å²) in [7, 11) is 3.10. The molecular formula is C47H52N4O11S. The zero-order valence-electron chi connectivity index (χ0n) is 36.5. The van der Waals surface area contributed by atoms with Crippen molar-refractivity contribution in [1.82, 2.24) is 15.5 Å². The summed E-state index contributed by atoms with van der Waals surface area (Å²) in [4.78, 5) is 30.2. The smallest absolute Gasteiger partial charge is 0.493 e. The van der Waals surface area contributed by atoms with Gasteiger partial charge in [0.15, 0.2) is 40.0 Å². The highest BCUT2D eigenvalue weighted by atomic mass is 32.2. The molecule has 7 aliphatic rings. The van der Waals surface area contributed by atoms with Crippen LogP contribution in [-0.2, 0) is 32.6 Å². The normalized spacial score (nSPS) is 26.4. The molecule has 3 aromatic rings. The Morgan fingerprint density at radius 2 is 1.83 bits per heavy atom. The summed E-state index contributed by atoms with van der Waals surface area (Å²) in [5.41, 5.74) is 4.51. The van der Waals surface area contributed by atoms with Gasteiger partial charge < -0.3 is 47.9 Å². The number of ether oxygens (including phenoxy) is 9. The fraction of sp³-hybridized carbons (Fsp3) is 0.468. The van der Waals surface area contributed by atoms with Crippen LogP contribution in [0.15, 0.2) is 43.7 Å². The number of hydrogen-bond donors (Lipinski definition) is 2. The van der Waals surface area contributed by atoms with Crippen LogP contribution >= 0.6 is 11.8 Å². The highest BCUT2D eigenvalue weighted by Gasteiger charge is 2.60. The van der Waals surface area contributed by atoms with E-state index in [-0.39, 0.29) is 43.3 Å². The highest BCUT2D eigenvalue weighted by Crippen LogP contribution is 2.63. The first-order chi connectivity index (χ1) is 30.3. The average Bonchev–Trinajstić information content (AvgIpc) is 3.74. The van der Waals surface area contributed by atoms with Gasteiger partial charge in [-0.2, -0.15) is 5.26 Å². The molecule has 7 aliphatic heterocycles. The van der Waals surface area contributed by atoms with Gasteiger partial charge >= 0.3 is 12.1 Å². The van der Waals surface area contributed by atoms with Crippen molar-refractivity contribution in [3.05, 3.63) is 88.2 Å². The number of nitrogens with one attached hydrogen (secondary N) is 2. The SMILES string of the molecule is C=CCOc1c(C)c2c(c3c1[C@H]1SC[C@]4(NCCc5cc(OC(=O)OC(C)(C)C)c(OC)cc54)C(=O)OC[C@@H]3N3C1[C@@H]1N[C@H](Cc4cc(C)c(OC)c(OC=C)c41)[C@@H]3C#N)OCO2. The minimum Gasteiger partial charge on any atom is -0.493 e. The van der Waals surface area contributed by atoms with E-state index in [1.165, 1.54) is 13.4 Å². The van der Waals surface area contributed by atoms with Gasteiger partial charge in [-0.1, -0.05) is 25.3 Å².